The molecule has 0 aliphatic heterocycles. The molecule has 16 heavy (non-hydrogen) atoms. The van der Waals surface area contributed by atoms with Gasteiger partial charge >= 0.3 is 0 Å². The van der Waals surface area contributed by atoms with Gasteiger partial charge in [-0.05, 0) is 18.6 Å². The number of hydrogen-bond donors (Lipinski definition) is 0. The maximum Gasteiger partial charge on any atom is 0.134 e. The first kappa shape index (κ1) is 13.3. The van der Waals surface area contributed by atoms with Gasteiger partial charge in [-0.25, -0.2) is 0 Å². The minimum Gasteiger partial charge on any atom is -1.00 e. The highest BCUT2D eigenvalue weighted by molar-refractivity contribution is 5.81. The van der Waals surface area contributed by atoms with E-state index in [9.17, 15) is 0 Å². The molecule has 0 radical (unpaired) electrons. The van der Waals surface area contributed by atoms with E-state index in [2.05, 4.69) is 46.3 Å². The second kappa shape index (κ2) is 4.60. The fourth-order valence-electron chi connectivity index (χ4n) is 1.82. The molecular formula is C13H18BrNO. The van der Waals surface area contributed by atoms with Crippen LogP contribution in [0.4, 0.5) is 0 Å². The van der Waals surface area contributed by atoms with Crippen molar-refractivity contribution in [2.75, 3.05) is 21.1 Å². The highest BCUT2D eigenvalue weighted by Gasteiger charge is 2.13. The predicted molar refractivity (Wildman–Crippen MR) is 62.7 cm³/mol. The van der Waals surface area contributed by atoms with E-state index in [4.69, 9.17) is 4.42 Å². The van der Waals surface area contributed by atoms with E-state index in [1.807, 2.05) is 6.26 Å². The summed E-state index contributed by atoms with van der Waals surface area (Å²) in [7, 11) is 6.56. The average Bonchev–Trinajstić information content (AvgIpc) is 2.45. The van der Waals surface area contributed by atoms with Crippen LogP contribution in [-0.4, -0.2) is 25.6 Å². The normalized spacial score (nSPS) is 11.5. The fourth-order valence-corrected chi connectivity index (χ4v) is 1.82. The van der Waals surface area contributed by atoms with Crippen LogP contribution in [0.15, 0.2) is 28.9 Å². The fraction of sp³-hybridized carbons (Fsp3) is 0.385. The minimum atomic E-state index is 0. The summed E-state index contributed by atoms with van der Waals surface area (Å²) in [6.45, 7) is 3.08. The van der Waals surface area contributed by atoms with Crippen LogP contribution < -0.4 is 17.0 Å². The van der Waals surface area contributed by atoms with Gasteiger partial charge in [0.2, 0.25) is 0 Å². The number of rotatable bonds is 2. The number of furan rings is 1. The second-order valence-electron chi connectivity index (χ2n) is 5.21. The summed E-state index contributed by atoms with van der Waals surface area (Å²) in [5.74, 6) is 0. The number of nitrogens with zero attached hydrogens (tertiary/aromatic N) is 1. The van der Waals surface area contributed by atoms with Crippen LogP contribution in [-0.2, 0) is 6.54 Å². The molecule has 2 aromatic rings. The van der Waals surface area contributed by atoms with E-state index in [1.54, 1.807) is 0 Å². The number of aryl methyl sites for hydroxylation is 1. The summed E-state index contributed by atoms with van der Waals surface area (Å²) in [5, 5.41) is 1.24. The van der Waals surface area contributed by atoms with Gasteiger partial charge in [0.15, 0.2) is 0 Å². The molecule has 0 unspecified atom stereocenters. The largest absolute Gasteiger partial charge is 1.00 e. The van der Waals surface area contributed by atoms with Crippen molar-refractivity contribution in [1.29, 1.82) is 0 Å². The molecule has 0 amide bonds. The third kappa shape index (κ3) is 2.86. The van der Waals surface area contributed by atoms with Crippen molar-refractivity contribution in [3.8, 4) is 0 Å². The molecule has 2 rings (SSSR count). The van der Waals surface area contributed by atoms with E-state index < -0.39 is 0 Å². The summed E-state index contributed by atoms with van der Waals surface area (Å²) in [4.78, 5) is 0. The summed E-state index contributed by atoms with van der Waals surface area (Å²) >= 11 is 0. The lowest BCUT2D eigenvalue weighted by atomic mass is 10.1. The van der Waals surface area contributed by atoms with Crippen molar-refractivity contribution < 1.29 is 25.9 Å². The molecule has 1 aromatic carbocycles. The van der Waals surface area contributed by atoms with E-state index in [0.29, 0.717) is 0 Å². The summed E-state index contributed by atoms with van der Waals surface area (Å²) in [6, 6.07) is 6.38. The molecule has 0 atom stereocenters. The highest BCUT2D eigenvalue weighted by atomic mass is 79.9. The van der Waals surface area contributed by atoms with Crippen LogP contribution in [0.3, 0.4) is 0 Å². The number of hydrogen-bond acceptors (Lipinski definition) is 1. The molecule has 0 saturated heterocycles. The standard InChI is InChI=1S/C13H18NO.BrH/c1-10-5-6-12-11(8-14(2,3)4)9-15-13(12)7-10;/h5-7,9H,8H2,1-4H3;1H/q+1;/p-1. The van der Waals surface area contributed by atoms with Crippen molar-refractivity contribution in [2.45, 2.75) is 13.5 Å². The van der Waals surface area contributed by atoms with Crippen molar-refractivity contribution in [3.63, 3.8) is 0 Å². The average molecular weight is 284 g/mol. The van der Waals surface area contributed by atoms with E-state index in [-0.39, 0.29) is 17.0 Å². The Kier molecular flexibility index (Phi) is 3.81. The number of benzene rings is 1. The van der Waals surface area contributed by atoms with Crippen molar-refractivity contribution in [3.05, 3.63) is 35.6 Å². The molecule has 0 fully saturated rings. The summed E-state index contributed by atoms with van der Waals surface area (Å²) in [6.07, 6.45) is 1.88. The summed E-state index contributed by atoms with van der Waals surface area (Å²) < 4.78 is 6.48. The topological polar surface area (TPSA) is 13.1 Å². The van der Waals surface area contributed by atoms with Crippen LogP contribution in [0.1, 0.15) is 11.1 Å². The lowest BCUT2D eigenvalue weighted by Crippen LogP contribution is -3.00. The Labute approximate surface area is 107 Å². The van der Waals surface area contributed by atoms with Crippen molar-refractivity contribution in [2.24, 2.45) is 0 Å². The third-order valence-electron chi connectivity index (χ3n) is 2.46. The van der Waals surface area contributed by atoms with Gasteiger partial charge in [-0.1, -0.05) is 12.1 Å². The molecule has 0 bridgehead atoms. The molecule has 88 valence electrons. The van der Waals surface area contributed by atoms with Crippen LogP contribution in [0.25, 0.3) is 11.0 Å². The molecule has 0 saturated carbocycles. The third-order valence-corrected chi connectivity index (χ3v) is 2.46. The molecule has 1 aromatic heterocycles. The van der Waals surface area contributed by atoms with E-state index in [1.165, 1.54) is 16.5 Å². The Morgan fingerprint density at radius 1 is 1.19 bits per heavy atom. The van der Waals surface area contributed by atoms with Crippen molar-refractivity contribution >= 4 is 11.0 Å². The minimum absolute atomic E-state index is 0. The SMILES string of the molecule is Cc1ccc2c(C[N+](C)(C)C)coc2c1.[Br-]. The zero-order chi connectivity index (χ0) is 11.1. The van der Waals surface area contributed by atoms with Crippen LogP contribution >= 0.6 is 0 Å². The molecule has 0 aliphatic rings. The molecule has 3 heteroatoms. The maximum atomic E-state index is 5.57. The van der Waals surface area contributed by atoms with Gasteiger partial charge in [-0.15, -0.1) is 0 Å². The zero-order valence-corrected chi connectivity index (χ0v) is 11.8. The lowest BCUT2D eigenvalue weighted by molar-refractivity contribution is -0.883. The van der Waals surface area contributed by atoms with E-state index in [0.717, 1.165) is 16.6 Å². The number of fused-ring (bicyclic) bond motifs is 1. The van der Waals surface area contributed by atoms with E-state index >= 15 is 0 Å². The van der Waals surface area contributed by atoms with Crippen LogP contribution in [0, 0.1) is 6.92 Å². The Bertz CT molecular complexity index is 482. The van der Waals surface area contributed by atoms with Crippen LogP contribution in [0.5, 0.6) is 0 Å². The second-order valence-corrected chi connectivity index (χ2v) is 5.21. The Morgan fingerprint density at radius 3 is 2.50 bits per heavy atom. The lowest BCUT2D eigenvalue weighted by Gasteiger charge is -2.23. The monoisotopic (exact) mass is 283 g/mol. The Hall–Kier alpha value is -0.800. The van der Waals surface area contributed by atoms with Gasteiger partial charge in [0.1, 0.15) is 18.4 Å². The van der Waals surface area contributed by atoms with Gasteiger partial charge in [-0.2, -0.15) is 0 Å². The zero-order valence-electron chi connectivity index (χ0n) is 10.2. The number of quaternary nitrogens is 1. The van der Waals surface area contributed by atoms with Gasteiger partial charge < -0.3 is 25.9 Å². The molecule has 0 spiro atoms. The quantitative estimate of drug-likeness (QED) is 0.705. The number of halogens is 1. The van der Waals surface area contributed by atoms with Crippen molar-refractivity contribution in [1.82, 2.24) is 0 Å². The Balaban J connectivity index is 0.00000128. The molecule has 0 N–H and O–H groups in total. The van der Waals surface area contributed by atoms with Crippen LogP contribution in [0.2, 0.25) is 0 Å². The van der Waals surface area contributed by atoms with Gasteiger partial charge in [0, 0.05) is 5.39 Å². The first-order valence-corrected chi connectivity index (χ1v) is 5.23. The molecule has 1 heterocycles. The smallest absolute Gasteiger partial charge is 0.134 e. The summed E-state index contributed by atoms with van der Waals surface area (Å²) in [5.41, 5.74) is 3.53. The first-order chi connectivity index (χ1) is 6.96. The van der Waals surface area contributed by atoms with Gasteiger partial charge in [0.25, 0.3) is 0 Å². The van der Waals surface area contributed by atoms with Gasteiger partial charge in [-0.3, -0.25) is 0 Å². The molecular weight excluding hydrogens is 266 g/mol. The highest BCUT2D eigenvalue weighted by Crippen LogP contribution is 2.23. The van der Waals surface area contributed by atoms with Gasteiger partial charge in [0.05, 0.1) is 26.7 Å². The molecule has 0 aliphatic carbocycles. The molecule has 2 nitrogen and oxygen atoms in total. The maximum absolute atomic E-state index is 5.57. The first-order valence-electron chi connectivity index (χ1n) is 5.23. The Morgan fingerprint density at radius 2 is 1.88 bits per heavy atom. The predicted octanol–water partition coefficient (Wildman–Crippen LogP) is -0.0486.